The first-order chi connectivity index (χ1) is 13.4. The number of benzene rings is 1. The molecule has 0 saturated heterocycles. The van der Waals surface area contributed by atoms with E-state index < -0.39 is 57.0 Å². The Morgan fingerprint density at radius 2 is 1.86 bits per heavy atom. The molecule has 1 heterocycles. The van der Waals surface area contributed by atoms with E-state index in [0.717, 1.165) is 32.0 Å². The van der Waals surface area contributed by atoms with Crippen molar-refractivity contribution in [3.8, 4) is 0 Å². The zero-order valence-corrected chi connectivity index (χ0v) is 16.1. The summed E-state index contributed by atoms with van der Waals surface area (Å²) in [5.74, 6) is -1.27. The third-order valence-electron chi connectivity index (χ3n) is 3.66. The fourth-order valence-corrected chi connectivity index (χ4v) is 3.53. The highest BCUT2D eigenvalue weighted by Gasteiger charge is 2.34. The Kier molecular flexibility index (Phi) is 7.03. The van der Waals surface area contributed by atoms with Gasteiger partial charge in [-0.25, -0.2) is 8.42 Å². The van der Waals surface area contributed by atoms with Crippen LogP contribution in [0.1, 0.15) is 19.4 Å². The minimum absolute atomic E-state index is 0.334. The normalized spacial score (nSPS) is 22.2. The summed E-state index contributed by atoms with van der Waals surface area (Å²) in [5.41, 5.74) is -1.12. The number of hydrogen-bond donors (Lipinski definition) is 1. The molecule has 0 aliphatic carbocycles. The monoisotopic (exact) mass is 437 g/mol. The lowest BCUT2D eigenvalue weighted by Crippen LogP contribution is -2.47. The molecule has 0 fully saturated rings. The topological polar surface area (TPSA) is 108 Å². The Morgan fingerprint density at radius 3 is 2.45 bits per heavy atom. The molecule has 1 unspecified atom stereocenters. The Labute approximate surface area is 164 Å². The second kappa shape index (κ2) is 8.93. The second-order valence-corrected chi connectivity index (χ2v) is 7.72. The molecule has 1 aliphatic heterocycles. The van der Waals surface area contributed by atoms with Gasteiger partial charge in [-0.2, -0.15) is 17.9 Å². The largest absolute Gasteiger partial charge is 0.463 e. The first kappa shape index (κ1) is 22.8. The Morgan fingerprint density at radius 1 is 1.17 bits per heavy atom. The van der Waals surface area contributed by atoms with Crippen LogP contribution in [0, 0.1) is 0 Å². The van der Waals surface area contributed by atoms with Gasteiger partial charge in [0, 0.05) is 13.8 Å². The van der Waals surface area contributed by atoms with Crippen molar-refractivity contribution in [2.24, 2.45) is 0 Å². The first-order valence-corrected chi connectivity index (χ1v) is 9.71. The van der Waals surface area contributed by atoms with Crippen molar-refractivity contribution in [1.82, 2.24) is 4.72 Å². The summed E-state index contributed by atoms with van der Waals surface area (Å²) in [6, 6.07) is 3.21. The molecule has 12 heteroatoms. The van der Waals surface area contributed by atoms with Crippen molar-refractivity contribution in [3.05, 3.63) is 42.0 Å². The molecule has 0 spiro atoms. The minimum Gasteiger partial charge on any atom is -0.463 e. The number of ether oxygens (including phenoxy) is 3. The van der Waals surface area contributed by atoms with E-state index in [1.807, 2.05) is 0 Å². The van der Waals surface area contributed by atoms with Gasteiger partial charge in [-0.05, 0) is 30.4 Å². The number of hydrogen-bond acceptors (Lipinski definition) is 7. The van der Waals surface area contributed by atoms with Crippen molar-refractivity contribution in [3.63, 3.8) is 0 Å². The van der Waals surface area contributed by atoms with Crippen molar-refractivity contribution < 1.29 is 45.4 Å². The summed E-state index contributed by atoms with van der Waals surface area (Å²) in [6.45, 7) is 1.96. The number of esters is 2. The van der Waals surface area contributed by atoms with Gasteiger partial charge in [-0.3, -0.25) is 9.59 Å². The Hall–Kier alpha value is -2.44. The standard InChI is InChI=1S/C17H18F3NO7S/c1-10(22)26-9-15-14(27-11(2)23)6-7-16(28-15)21-29(24,25)13-5-3-4-12(8-13)17(18,19)20/h3-8,14-16,21H,9H2,1-2H3/t14-,15+,16?/m0/s1. The van der Waals surface area contributed by atoms with E-state index in [0.29, 0.717) is 6.07 Å². The van der Waals surface area contributed by atoms with Gasteiger partial charge in [-0.1, -0.05) is 6.07 Å². The molecular weight excluding hydrogens is 419 g/mol. The maximum atomic E-state index is 12.8. The predicted octanol–water partition coefficient (Wildman–Crippen LogP) is 1.76. The van der Waals surface area contributed by atoms with E-state index in [1.165, 1.54) is 12.2 Å². The molecule has 3 atom stereocenters. The highest BCUT2D eigenvalue weighted by Crippen LogP contribution is 2.30. The minimum atomic E-state index is -4.71. The molecule has 0 bridgehead atoms. The van der Waals surface area contributed by atoms with Crippen LogP contribution in [0.4, 0.5) is 13.2 Å². The number of halogens is 3. The summed E-state index contributed by atoms with van der Waals surface area (Å²) < 4.78 is 80.8. The number of carbonyl (C=O) groups excluding carboxylic acids is 2. The van der Waals surface area contributed by atoms with Gasteiger partial charge in [0.2, 0.25) is 10.0 Å². The first-order valence-electron chi connectivity index (χ1n) is 8.22. The number of sulfonamides is 1. The lowest BCUT2D eigenvalue weighted by Gasteiger charge is -2.31. The SMILES string of the molecule is CC(=O)OC[C@H]1OC(NS(=O)(=O)c2cccc(C(F)(F)F)c2)C=C[C@@H]1OC(C)=O. The van der Waals surface area contributed by atoms with E-state index in [-0.39, 0.29) is 6.61 Å². The maximum Gasteiger partial charge on any atom is 0.416 e. The van der Waals surface area contributed by atoms with Crippen LogP contribution in [0.2, 0.25) is 0 Å². The van der Waals surface area contributed by atoms with Gasteiger partial charge in [0.1, 0.15) is 25.0 Å². The third-order valence-corrected chi connectivity index (χ3v) is 5.08. The fourth-order valence-electron chi connectivity index (χ4n) is 2.41. The summed E-state index contributed by atoms with van der Waals surface area (Å²) in [7, 11) is -4.38. The Bertz CT molecular complexity index is 899. The van der Waals surface area contributed by atoms with Gasteiger partial charge in [0.05, 0.1) is 10.5 Å². The number of alkyl halides is 3. The molecular formula is C17H18F3NO7S. The molecule has 1 aliphatic rings. The van der Waals surface area contributed by atoms with Crippen molar-refractivity contribution in [2.75, 3.05) is 6.61 Å². The number of nitrogens with one attached hydrogen (secondary N) is 1. The van der Waals surface area contributed by atoms with Gasteiger partial charge in [0.25, 0.3) is 0 Å². The van der Waals surface area contributed by atoms with Crippen LogP contribution in [-0.2, 0) is 40.0 Å². The molecule has 1 aromatic rings. The summed E-state index contributed by atoms with van der Waals surface area (Å²) in [6.07, 6.45) is -5.41. The molecule has 8 nitrogen and oxygen atoms in total. The van der Waals surface area contributed by atoms with E-state index >= 15 is 0 Å². The van der Waals surface area contributed by atoms with Crippen LogP contribution in [-0.4, -0.2) is 45.4 Å². The van der Waals surface area contributed by atoms with Gasteiger partial charge in [-0.15, -0.1) is 0 Å². The molecule has 1 aromatic carbocycles. The zero-order valence-electron chi connectivity index (χ0n) is 15.3. The summed E-state index contributed by atoms with van der Waals surface area (Å²) in [5, 5.41) is 0. The summed E-state index contributed by atoms with van der Waals surface area (Å²) >= 11 is 0. The van der Waals surface area contributed by atoms with Crippen LogP contribution in [0.15, 0.2) is 41.3 Å². The van der Waals surface area contributed by atoms with Crippen LogP contribution < -0.4 is 4.72 Å². The van der Waals surface area contributed by atoms with Gasteiger partial charge in [0.15, 0.2) is 0 Å². The molecule has 29 heavy (non-hydrogen) atoms. The maximum absolute atomic E-state index is 12.8. The summed E-state index contributed by atoms with van der Waals surface area (Å²) in [4.78, 5) is 21.6. The lowest BCUT2D eigenvalue weighted by atomic mass is 10.1. The molecule has 0 saturated carbocycles. The van der Waals surface area contributed by atoms with Crippen LogP contribution in [0.3, 0.4) is 0 Å². The van der Waals surface area contributed by atoms with Crippen molar-refractivity contribution >= 4 is 22.0 Å². The second-order valence-electron chi connectivity index (χ2n) is 6.00. The quantitative estimate of drug-likeness (QED) is 0.534. The lowest BCUT2D eigenvalue weighted by molar-refractivity contribution is -0.163. The van der Waals surface area contributed by atoms with Crippen LogP contribution >= 0.6 is 0 Å². The number of carbonyl (C=O) groups is 2. The van der Waals surface area contributed by atoms with Crippen LogP contribution in [0.5, 0.6) is 0 Å². The van der Waals surface area contributed by atoms with Crippen molar-refractivity contribution in [2.45, 2.75) is 43.4 Å². The molecule has 0 aromatic heterocycles. The smallest absolute Gasteiger partial charge is 0.416 e. The molecule has 1 N–H and O–H groups in total. The fraction of sp³-hybridized carbons (Fsp3) is 0.412. The van der Waals surface area contributed by atoms with E-state index in [9.17, 15) is 31.2 Å². The average molecular weight is 437 g/mol. The average Bonchev–Trinajstić information content (AvgIpc) is 2.60. The van der Waals surface area contributed by atoms with Gasteiger partial charge >= 0.3 is 18.1 Å². The highest BCUT2D eigenvalue weighted by molar-refractivity contribution is 7.89. The highest BCUT2D eigenvalue weighted by atomic mass is 32.2. The zero-order chi connectivity index (χ0) is 21.8. The van der Waals surface area contributed by atoms with Gasteiger partial charge < -0.3 is 14.2 Å². The molecule has 0 radical (unpaired) electrons. The van der Waals surface area contributed by atoms with E-state index in [4.69, 9.17) is 14.2 Å². The predicted molar refractivity (Wildman–Crippen MR) is 91.8 cm³/mol. The molecule has 2 rings (SSSR count). The third kappa shape index (κ3) is 6.54. The molecule has 160 valence electrons. The van der Waals surface area contributed by atoms with Crippen LogP contribution in [0.25, 0.3) is 0 Å². The van der Waals surface area contributed by atoms with E-state index in [2.05, 4.69) is 4.72 Å². The van der Waals surface area contributed by atoms with E-state index in [1.54, 1.807) is 0 Å². The van der Waals surface area contributed by atoms with Crippen molar-refractivity contribution in [1.29, 1.82) is 0 Å². The number of rotatable bonds is 6. The Balaban J connectivity index is 2.19. The molecule has 0 amide bonds.